The van der Waals surface area contributed by atoms with Gasteiger partial charge in [0.05, 0.1) is 19.5 Å². The molecule has 2 amide bonds. The van der Waals surface area contributed by atoms with Gasteiger partial charge >= 0.3 is 23.5 Å². The first kappa shape index (κ1) is 45.3. The number of amides is 2. The molecule has 55 heavy (non-hydrogen) atoms. The van der Waals surface area contributed by atoms with Gasteiger partial charge in [0.15, 0.2) is 22.8 Å². The van der Waals surface area contributed by atoms with Gasteiger partial charge in [0, 0.05) is 37.1 Å². The first-order valence-electron chi connectivity index (χ1n) is 16.6. The maximum Gasteiger partial charge on any atom is 0.481 e. The zero-order chi connectivity index (χ0) is 40.8. The van der Waals surface area contributed by atoms with Crippen LogP contribution in [-0.2, 0) is 50.7 Å². The molecular weight excluding hydrogens is 819 g/mol. The van der Waals surface area contributed by atoms with E-state index in [2.05, 4.69) is 34.4 Å². The molecule has 2 aromatic heterocycles. The molecule has 0 radical (unpaired) electrons. The Morgan fingerprint density at radius 1 is 1.07 bits per heavy atom. The summed E-state index contributed by atoms with van der Waals surface area (Å²) in [4.78, 5) is 87.5. The summed E-state index contributed by atoms with van der Waals surface area (Å²) in [6.07, 6.45) is -3.07. The minimum absolute atomic E-state index is 0.0329. The van der Waals surface area contributed by atoms with E-state index in [1.807, 2.05) is 0 Å². The maximum atomic E-state index is 12.7. The molecule has 1 aliphatic heterocycles. The van der Waals surface area contributed by atoms with Gasteiger partial charge in [-0.15, -0.1) is 0 Å². The molecule has 7 atom stereocenters. The van der Waals surface area contributed by atoms with Crippen LogP contribution in [0, 0.1) is 11.3 Å². The number of fused-ring (bicyclic) bond motifs is 1. The number of imidazole rings is 1. The van der Waals surface area contributed by atoms with Crippen LogP contribution in [0.4, 0.5) is 5.82 Å². The van der Waals surface area contributed by atoms with Crippen molar-refractivity contribution in [3.8, 4) is 0 Å². The number of phosphoric ester groups is 3. The highest BCUT2D eigenvalue weighted by atomic mass is 32.2. The van der Waals surface area contributed by atoms with Crippen LogP contribution in [0.5, 0.6) is 0 Å². The number of carbonyl (C=O) groups is 3. The average molecular weight is 864 g/mol. The van der Waals surface area contributed by atoms with Crippen LogP contribution >= 0.6 is 35.2 Å². The summed E-state index contributed by atoms with van der Waals surface area (Å²) in [6, 6.07) is 0. The second-order valence-electron chi connectivity index (χ2n) is 13.3. The summed E-state index contributed by atoms with van der Waals surface area (Å²) in [6.45, 7) is 0.578. The van der Waals surface area contributed by atoms with Crippen molar-refractivity contribution in [2.24, 2.45) is 11.3 Å². The summed E-state index contributed by atoms with van der Waals surface area (Å²) < 4.78 is 62.1. The number of aliphatic hydroxyl groups excluding tert-OH is 2. The first-order valence-corrected chi connectivity index (χ1v) is 22.1. The summed E-state index contributed by atoms with van der Waals surface area (Å²) in [7, 11) is -16.4. The minimum atomic E-state index is -5.56. The molecule has 1 aliphatic carbocycles. The number of carbonyl (C=O) groups excluding carboxylic acids is 3. The number of hydrogen-bond acceptors (Lipinski definition) is 18. The molecule has 2 aromatic rings. The fourth-order valence-electron chi connectivity index (χ4n) is 5.29. The van der Waals surface area contributed by atoms with E-state index < -0.39 is 84.6 Å². The highest BCUT2D eigenvalue weighted by Gasteiger charge is 2.50. The van der Waals surface area contributed by atoms with E-state index in [1.165, 1.54) is 13.8 Å². The van der Waals surface area contributed by atoms with Gasteiger partial charge in [0.2, 0.25) is 11.8 Å². The summed E-state index contributed by atoms with van der Waals surface area (Å²) >= 11 is 1.15. The lowest BCUT2D eigenvalue weighted by atomic mass is 9.83. The average Bonchev–Trinajstić information content (AvgIpc) is 3.62. The van der Waals surface area contributed by atoms with Crippen molar-refractivity contribution < 1.29 is 80.5 Å². The first-order chi connectivity index (χ1) is 25.6. The van der Waals surface area contributed by atoms with Crippen LogP contribution in [0.15, 0.2) is 12.7 Å². The lowest BCUT2D eigenvalue weighted by Gasteiger charge is -2.30. The standard InChI is InChI=1S/C27H44N7O17P3S/c1-27(2,22(38)25(39)30-7-6-17(35)29-8-9-55-18(36)10-15-4-3-5-15)12-48-54(45,46)51-53(43,44)47-11-16-21(50-52(40,41)42)20(37)26(49-16)34-14-33-19-23(28)31-13-32-24(19)34/h13-16,20-22,26,37-38H,3-12H2,1-2H3,(H,29,35)(H,30,39)(H,43,44)(H,45,46)(H2,28,31,32)(H2,40,41,42). The molecule has 0 bridgehead atoms. The summed E-state index contributed by atoms with van der Waals surface area (Å²) in [5, 5.41) is 26.5. The number of thioether (sulfide) groups is 1. The third-order valence-corrected chi connectivity index (χ3v) is 12.4. The highest BCUT2D eigenvalue weighted by Crippen LogP contribution is 2.61. The fraction of sp³-hybridized carbons (Fsp3) is 0.704. The number of nitrogens with zero attached hydrogens (tertiary/aromatic N) is 4. The summed E-state index contributed by atoms with van der Waals surface area (Å²) in [5.41, 5.74) is 4.28. The number of phosphoric acid groups is 3. The van der Waals surface area contributed by atoms with Crippen molar-refractivity contribution in [1.82, 2.24) is 30.2 Å². The van der Waals surface area contributed by atoms with E-state index in [4.69, 9.17) is 19.5 Å². The van der Waals surface area contributed by atoms with Gasteiger partial charge in [-0.2, -0.15) is 4.31 Å². The molecule has 310 valence electrons. The van der Waals surface area contributed by atoms with Crippen LogP contribution < -0.4 is 16.4 Å². The predicted octanol–water partition coefficient (Wildman–Crippen LogP) is -0.145. The van der Waals surface area contributed by atoms with E-state index in [9.17, 15) is 57.9 Å². The van der Waals surface area contributed by atoms with Crippen LogP contribution in [0.25, 0.3) is 11.2 Å². The lowest BCUT2D eigenvalue weighted by molar-refractivity contribution is -0.137. The van der Waals surface area contributed by atoms with Gasteiger partial charge in [0.25, 0.3) is 0 Å². The van der Waals surface area contributed by atoms with Crippen LogP contribution in [0.3, 0.4) is 0 Å². The third-order valence-electron chi connectivity index (χ3n) is 8.44. The van der Waals surface area contributed by atoms with Crippen molar-refractivity contribution >= 4 is 69.1 Å². The quantitative estimate of drug-likeness (QED) is 0.0582. The molecule has 1 saturated heterocycles. The van der Waals surface area contributed by atoms with Crippen molar-refractivity contribution in [1.29, 1.82) is 0 Å². The topological polar surface area (TPSA) is 364 Å². The Hall–Kier alpha value is -2.44. The molecule has 1 saturated carbocycles. The predicted molar refractivity (Wildman–Crippen MR) is 189 cm³/mol. The SMILES string of the molecule is CC(C)(COP(=O)(O)OP(=O)(O)OCC1OC(n2cnc3c(N)ncnc32)C(O)C1OP(=O)(O)O)C(O)C(=O)NCCC(=O)NCCSC(=O)CC1CCC1. The maximum absolute atomic E-state index is 12.7. The molecular formula is C27H44N7O17P3S. The molecule has 7 unspecified atom stereocenters. The molecule has 2 aliphatic rings. The van der Waals surface area contributed by atoms with Crippen molar-refractivity contribution in [2.45, 2.75) is 76.6 Å². The van der Waals surface area contributed by atoms with Crippen LogP contribution in [-0.4, -0.2) is 123 Å². The van der Waals surface area contributed by atoms with Crippen molar-refractivity contribution in [2.75, 3.05) is 37.8 Å². The third kappa shape index (κ3) is 13.3. The molecule has 28 heteroatoms. The Bertz CT molecular complexity index is 1830. The Balaban J connectivity index is 1.23. The Labute approximate surface area is 317 Å². The van der Waals surface area contributed by atoms with Crippen LogP contribution in [0.1, 0.15) is 52.2 Å². The molecule has 3 heterocycles. The van der Waals surface area contributed by atoms with Gasteiger partial charge in [0.1, 0.15) is 36.3 Å². The fourth-order valence-corrected chi connectivity index (χ4v) is 8.90. The number of ether oxygens (including phenoxy) is 1. The van der Waals surface area contributed by atoms with Crippen LogP contribution in [0.2, 0.25) is 0 Å². The minimum Gasteiger partial charge on any atom is -0.386 e. The molecule has 2 fully saturated rings. The Kier molecular flexibility index (Phi) is 15.5. The zero-order valence-electron chi connectivity index (χ0n) is 29.5. The number of hydrogen-bond donors (Lipinski definition) is 9. The van der Waals surface area contributed by atoms with E-state index in [0.717, 1.165) is 48.2 Å². The smallest absolute Gasteiger partial charge is 0.386 e. The van der Waals surface area contributed by atoms with Gasteiger partial charge < -0.3 is 50.9 Å². The summed E-state index contributed by atoms with van der Waals surface area (Å²) in [5.74, 6) is -0.563. The molecule has 0 spiro atoms. The molecule has 0 aromatic carbocycles. The van der Waals surface area contributed by atoms with Crippen molar-refractivity contribution in [3.63, 3.8) is 0 Å². The second-order valence-corrected chi connectivity index (χ2v) is 18.7. The van der Waals surface area contributed by atoms with E-state index in [1.54, 1.807) is 0 Å². The zero-order valence-corrected chi connectivity index (χ0v) is 33.0. The number of anilines is 1. The van der Waals surface area contributed by atoms with E-state index in [-0.39, 0.29) is 41.6 Å². The Morgan fingerprint density at radius 2 is 1.76 bits per heavy atom. The van der Waals surface area contributed by atoms with Gasteiger partial charge in [-0.3, -0.25) is 32.5 Å². The number of rotatable bonds is 21. The van der Waals surface area contributed by atoms with E-state index >= 15 is 0 Å². The number of nitrogens with one attached hydrogen (secondary N) is 2. The normalized spacial score (nSPS) is 23.4. The monoisotopic (exact) mass is 863 g/mol. The van der Waals surface area contributed by atoms with Gasteiger partial charge in [-0.05, 0) is 18.8 Å². The Morgan fingerprint density at radius 3 is 2.42 bits per heavy atom. The largest absolute Gasteiger partial charge is 0.481 e. The molecule has 24 nitrogen and oxygen atoms in total. The van der Waals surface area contributed by atoms with Gasteiger partial charge in [-0.1, -0.05) is 32.0 Å². The number of nitrogen functional groups attached to an aromatic ring is 1. The highest BCUT2D eigenvalue weighted by molar-refractivity contribution is 8.13. The number of aromatic nitrogens is 4. The molecule has 4 rings (SSSR count). The second kappa shape index (κ2) is 18.9. The number of nitrogens with two attached hydrogens (primary N) is 1. The number of aliphatic hydroxyl groups is 2. The van der Waals surface area contributed by atoms with Crippen molar-refractivity contribution in [3.05, 3.63) is 12.7 Å². The lowest BCUT2D eigenvalue weighted by Crippen LogP contribution is -2.46. The van der Waals surface area contributed by atoms with E-state index in [0.29, 0.717) is 18.1 Å². The van der Waals surface area contributed by atoms with Gasteiger partial charge in [-0.25, -0.2) is 28.6 Å². The molecule has 10 N–H and O–H groups in total.